The van der Waals surface area contributed by atoms with Crippen LogP contribution in [0, 0.1) is 0 Å². The number of benzene rings is 1. The topological polar surface area (TPSA) is 38.5 Å². The molecule has 1 heterocycles. The molecule has 0 aliphatic carbocycles. The lowest BCUT2D eigenvalue weighted by Gasteiger charge is -2.44. The Bertz CT molecular complexity index is 401. The van der Waals surface area contributed by atoms with Crippen molar-refractivity contribution in [3.63, 3.8) is 0 Å². The zero-order valence-corrected chi connectivity index (χ0v) is 12.2. The fraction of sp³-hybridized carbons (Fsp3) is 0.625. The Morgan fingerprint density at radius 2 is 2.11 bits per heavy atom. The summed E-state index contributed by atoms with van der Waals surface area (Å²) in [5.74, 6) is 1.00. The van der Waals surface area contributed by atoms with Crippen molar-refractivity contribution in [2.75, 3.05) is 24.6 Å². The summed E-state index contributed by atoms with van der Waals surface area (Å²) in [4.78, 5) is 2.50. The summed E-state index contributed by atoms with van der Waals surface area (Å²) in [5.41, 5.74) is 7.44. The van der Waals surface area contributed by atoms with Gasteiger partial charge in [-0.05, 0) is 31.4 Å². The van der Waals surface area contributed by atoms with Crippen molar-refractivity contribution in [2.24, 2.45) is 5.73 Å². The summed E-state index contributed by atoms with van der Waals surface area (Å²) in [5, 5.41) is 0. The maximum Gasteiger partial charge on any atom is 0.142 e. The molecule has 0 bridgehead atoms. The molecule has 1 aromatic rings. The molecule has 1 unspecified atom stereocenters. The van der Waals surface area contributed by atoms with Gasteiger partial charge in [-0.25, -0.2) is 0 Å². The lowest BCUT2D eigenvalue weighted by molar-refractivity contribution is 0.317. The molecule has 1 atom stereocenters. The van der Waals surface area contributed by atoms with Gasteiger partial charge in [0.15, 0.2) is 0 Å². The van der Waals surface area contributed by atoms with Crippen molar-refractivity contribution in [3.05, 3.63) is 24.3 Å². The monoisotopic (exact) mass is 262 g/mol. The minimum atomic E-state index is 0.0680. The van der Waals surface area contributed by atoms with E-state index in [1.54, 1.807) is 0 Å². The highest BCUT2D eigenvalue weighted by Gasteiger charge is 2.35. The number of hydrogen-bond donors (Lipinski definition) is 1. The molecular weight excluding hydrogens is 236 g/mol. The van der Waals surface area contributed by atoms with Crippen LogP contribution in [0.15, 0.2) is 24.3 Å². The first-order valence-corrected chi connectivity index (χ1v) is 7.47. The first-order chi connectivity index (χ1) is 9.27. The number of anilines is 1. The van der Waals surface area contributed by atoms with Gasteiger partial charge in [-0.15, -0.1) is 0 Å². The van der Waals surface area contributed by atoms with Crippen molar-refractivity contribution >= 4 is 5.69 Å². The number of fused-ring (bicyclic) bond motifs is 1. The first-order valence-electron chi connectivity index (χ1n) is 7.47. The van der Waals surface area contributed by atoms with E-state index in [9.17, 15) is 0 Å². The lowest BCUT2D eigenvalue weighted by atomic mass is 9.87. The lowest BCUT2D eigenvalue weighted by Crippen LogP contribution is -2.54. The summed E-state index contributed by atoms with van der Waals surface area (Å²) >= 11 is 0. The molecule has 1 aromatic carbocycles. The van der Waals surface area contributed by atoms with Gasteiger partial charge in [0.25, 0.3) is 0 Å². The van der Waals surface area contributed by atoms with Crippen molar-refractivity contribution in [3.8, 4) is 5.75 Å². The number of rotatable bonds is 5. The van der Waals surface area contributed by atoms with Crippen molar-refractivity contribution in [2.45, 2.75) is 45.1 Å². The quantitative estimate of drug-likeness (QED) is 0.885. The number of nitrogens with two attached hydrogens (primary N) is 1. The molecule has 0 fully saturated rings. The Hall–Kier alpha value is -1.22. The zero-order valence-electron chi connectivity index (χ0n) is 12.2. The van der Waals surface area contributed by atoms with E-state index >= 15 is 0 Å². The second kappa shape index (κ2) is 6.29. The van der Waals surface area contributed by atoms with Crippen LogP contribution in [0.1, 0.15) is 39.5 Å². The fourth-order valence-corrected chi connectivity index (χ4v) is 3.14. The van der Waals surface area contributed by atoms with Gasteiger partial charge in [0.05, 0.1) is 17.8 Å². The second-order valence-corrected chi connectivity index (χ2v) is 5.35. The van der Waals surface area contributed by atoms with Gasteiger partial charge in [0.2, 0.25) is 0 Å². The number of para-hydroxylation sites is 2. The summed E-state index contributed by atoms with van der Waals surface area (Å²) in [6.45, 7) is 7.01. The normalized spacial score (nSPS) is 18.2. The Balaban J connectivity index is 2.41. The van der Waals surface area contributed by atoms with Gasteiger partial charge in [-0.2, -0.15) is 0 Å². The second-order valence-electron chi connectivity index (χ2n) is 5.35. The van der Waals surface area contributed by atoms with Crippen LogP contribution in [0.2, 0.25) is 0 Å². The Labute approximate surface area is 116 Å². The zero-order chi connectivity index (χ0) is 13.7. The third-order valence-electron chi connectivity index (χ3n) is 4.27. The van der Waals surface area contributed by atoms with Crippen molar-refractivity contribution < 1.29 is 4.74 Å². The highest BCUT2D eigenvalue weighted by Crippen LogP contribution is 2.38. The molecule has 0 aromatic heterocycles. The van der Waals surface area contributed by atoms with Crippen molar-refractivity contribution in [1.29, 1.82) is 0 Å². The van der Waals surface area contributed by atoms with E-state index in [0.29, 0.717) is 6.54 Å². The molecule has 0 saturated carbocycles. The minimum absolute atomic E-state index is 0.0680. The summed E-state index contributed by atoms with van der Waals surface area (Å²) in [7, 11) is 0. The fourth-order valence-electron chi connectivity index (χ4n) is 3.14. The van der Waals surface area contributed by atoms with Crippen LogP contribution in [0.5, 0.6) is 5.75 Å². The van der Waals surface area contributed by atoms with Crippen LogP contribution in [0.3, 0.4) is 0 Å². The average molecular weight is 262 g/mol. The van der Waals surface area contributed by atoms with E-state index in [0.717, 1.165) is 44.6 Å². The van der Waals surface area contributed by atoms with E-state index in [1.165, 1.54) is 5.69 Å². The maximum absolute atomic E-state index is 6.16. The van der Waals surface area contributed by atoms with Gasteiger partial charge < -0.3 is 15.4 Å². The van der Waals surface area contributed by atoms with Gasteiger partial charge in [0, 0.05) is 13.1 Å². The Morgan fingerprint density at radius 3 is 2.79 bits per heavy atom. The van der Waals surface area contributed by atoms with Crippen LogP contribution < -0.4 is 15.4 Å². The number of ether oxygens (including phenoxy) is 1. The summed E-state index contributed by atoms with van der Waals surface area (Å²) in [6.07, 6.45) is 4.42. The third kappa shape index (κ3) is 2.71. The maximum atomic E-state index is 6.16. The van der Waals surface area contributed by atoms with Gasteiger partial charge in [0.1, 0.15) is 5.75 Å². The summed E-state index contributed by atoms with van der Waals surface area (Å²) in [6, 6.07) is 8.36. The highest BCUT2D eigenvalue weighted by molar-refractivity contribution is 5.60. The SMILES string of the molecule is CCCC(CC)(CN)N1CCCOc2ccccc21. The average Bonchev–Trinajstić information content (AvgIpc) is 2.68. The van der Waals surface area contributed by atoms with Crippen LogP contribution in [0.25, 0.3) is 0 Å². The van der Waals surface area contributed by atoms with E-state index in [4.69, 9.17) is 10.5 Å². The molecule has 3 heteroatoms. The van der Waals surface area contributed by atoms with Crippen LogP contribution in [0.4, 0.5) is 5.69 Å². The molecule has 2 N–H and O–H groups in total. The molecule has 106 valence electrons. The molecule has 0 radical (unpaired) electrons. The van der Waals surface area contributed by atoms with E-state index in [2.05, 4.69) is 36.9 Å². The van der Waals surface area contributed by atoms with E-state index in [-0.39, 0.29) is 5.54 Å². The van der Waals surface area contributed by atoms with Crippen molar-refractivity contribution in [1.82, 2.24) is 0 Å². The minimum Gasteiger partial charge on any atom is -0.491 e. The molecule has 0 saturated heterocycles. The predicted molar refractivity (Wildman–Crippen MR) is 80.9 cm³/mol. The third-order valence-corrected chi connectivity index (χ3v) is 4.27. The molecule has 2 rings (SSSR count). The van der Waals surface area contributed by atoms with E-state index < -0.39 is 0 Å². The van der Waals surface area contributed by atoms with Crippen LogP contribution in [-0.2, 0) is 0 Å². The molecule has 0 amide bonds. The molecule has 19 heavy (non-hydrogen) atoms. The molecule has 1 aliphatic rings. The number of nitrogens with zero attached hydrogens (tertiary/aromatic N) is 1. The smallest absolute Gasteiger partial charge is 0.142 e. The van der Waals surface area contributed by atoms with E-state index in [1.807, 2.05) is 6.07 Å². The molecular formula is C16H26N2O. The van der Waals surface area contributed by atoms with Crippen LogP contribution in [-0.4, -0.2) is 25.2 Å². The molecule has 3 nitrogen and oxygen atoms in total. The largest absolute Gasteiger partial charge is 0.491 e. The van der Waals surface area contributed by atoms with Gasteiger partial charge in [-0.1, -0.05) is 32.4 Å². The van der Waals surface area contributed by atoms with Crippen LogP contribution >= 0.6 is 0 Å². The molecule has 1 aliphatic heterocycles. The Kier molecular flexibility index (Phi) is 4.70. The standard InChI is InChI=1S/C16H26N2O/c1-3-10-16(4-2,13-17)18-11-7-12-19-15-9-6-5-8-14(15)18/h5-6,8-9H,3-4,7,10-13,17H2,1-2H3. The first kappa shape index (κ1) is 14.2. The number of hydrogen-bond acceptors (Lipinski definition) is 3. The van der Waals surface area contributed by atoms with Gasteiger partial charge in [-0.3, -0.25) is 0 Å². The Morgan fingerprint density at radius 1 is 1.32 bits per heavy atom. The van der Waals surface area contributed by atoms with Gasteiger partial charge >= 0.3 is 0 Å². The predicted octanol–water partition coefficient (Wildman–Crippen LogP) is 3.18. The summed E-state index contributed by atoms with van der Waals surface area (Å²) < 4.78 is 5.86. The highest BCUT2D eigenvalue weighted by atomic mass is 16.5. The molecule has 0 spiro atoms.